The van der Waals surface area contributed by atoms with Crippen LogP contribution in [0.2, 0.25) is 0 Å². The zero-order valence-corrected chi connectivity index (χ0v) is 17.6. The lowest BCUT2D eigenvalue weighted by Crippen LogP contribution is -2.17. The predicted octanol–water partition coefficient (Wildman–Crippen LogP) is 3.50. The first-order valence-corrected chi connectivity index (χ1v) is 10.7. The zero-order valence-electron chi connectivity index (χ0n) is 16.8. The average molecular weight is 446 g/mol. The molecule has 0 aliphatic rings. The number of aromatic hydroxyl groups is 1. The molecule has 0 aliphatic heterocycles. The van der Waals surface area contributed by atoms with Gasteiger partial charge >= 0.3 is 4.87 Å². The Labute approximate surface area is 186 Å². The van der Waals surface area contributed by atoms with E-state index in [4.69, 9.17) is 15.6 Å². The fourth-order valence-corrected chi connectivity index (χ4v) is 4.06. The van der Waals surface area contributed by atoms with Gasteiger partial charge in [-0.15, -0.1) is 0 Å². The summed E-state index contributed by atoms with van der Waals surface area (Å²) in [5.74, 6) is 1.69. The van der Waals surface area contributed by atoms with Gasteiger partial charge in [0, 0.05) is 12.1 Å². The number of anilines is 1. The second-order valence-corrected chi connectivity index (χ2v) is 7.80. The fourth-order valence-electron chi connectivity index (χ4n) is 3.42. The molecule has 3 heterocycles. The Kier molecular flexibility index (Phi) is 5.04. The van der Waals surface area contributed by atoms with Crippen molar-refractivity contribution in [2.45, 2.75) is 13.1 Å². The van der Waals surface area contributed by atoms with Crippen molar-refractivity contribution in [3.05, 3.63) is 76.0 Å². The van der Waals surface area contributed by atoms with Gasteiger partial charge in [0.1, 0.15) is 29.3 Å². The third kappa shape index (κ3) is 3.67. The number of rotatable bonds is 6. The van der Waals surface area contributed by atoms with Crippen LogP contribution in [-0.4, -0.2) is 29.4 Å². The van der Waals surface area contributed by atoms with Gasteiger partial charge in [0.15, 0.2) is 5.65 Å². The minimum absolute atomic E-state index is 0.0696. The molecule has 0 amide bonds. The summed E-state index contributed by atoms with van der Waals surface area (Å²) in [7, 11) is 0. The molecule has 5 rings (SSSR count). The Morgan fingerprint density at radius 3 is 2.47 bits per heavy atom. The maximum Gasteiger partial charge on any atom is 0.310 e. The van der Waals surface area contributed by atoms with Gasteiger partial charge in [-0.2, -0.15) is 5.10 Å². The highest BCUT2D eigenvalue weighted by Crippen LogP contribution is 2.32. The summed E-state index contributed by atoms with van der Waals surface area (Å²) in [4.78, 5) is 20.1. The van der Waals surface area contributed by atoms with E-state index in [2.05, 4.69) is 9.97 Å². The van der Waals surface area contributed by atoms with Crippen molar-refractivity contribution in [3.63, 3.8) is 0 Å². The van der Waals surface area contributed by atoms with E-state index >= 15 is 0 Å². The van der Waals surface area contributed by atoms with Crippen LogP contribution in [0.4, 0.5) is 5.82 Å². The molecule has 32 heavy (non-hydrogen) atoms. The van der Waals surface area contributed by atoms with Gasteiger partial charge in [-0.3, -0.25) is 9.36 Å². The lowest BCUT2D eigenvalue weighted by molar-refractivity contribution is 0.400. The summed E-state index contributed by atoms with van der Waals surface area (Å²) in [5, 5.41) is 16.6. The molecule has 0 unspecified atom stereocenters. The van der Waals surface area contributed by atoms with Crippen LogP contribution in [0.1, 0.15) is 0 Å². The lowest BCUT2D eigenvalue weighted by Gasteiger charge is -2.06. The first kappa shape index (κ1) is 19.8. The Morgan fingerprint density at radius 1 is 1.00 bits per heavy atom. The first-order chi connectivity index (χ1) is 15.6. The van der Waals surface area contributed by atoms with Crippen LogP contribution in [0, 0.1) is 0 Å². The summed E-state index contributed by atoms with van der Waals surface area (Å²) in [5.41, 5.74) is 8.17. The number of para-hydroxylation sites is 1. The number of aryl methyl sites for hydroxylation is 1. The van der Waals surface area contributed by atoms with E-state index in [0.29, 0.717) is 34.8 Å². The number of fused-ring (bicyclic) bond motifs is 1. The van der Waals surface area contributed by atoms with Crippen molar-refractivity contribution in [3.8, 4) is 28.6 Å². The molecule has 0 radical (unpaired) electrons. The van der Waals surface area contributed by atoms with E-state index in [1.54, 1.807) is 4.68 Å². The van der Waals surface area contributed by atoms with Gasteiger partial charge < -0.3 is 15.6 Å². The summed E-state index contributed by atoms with van der Waals surface area (Å²) in [6, 6.07) is 17.0. The van der Waals surface area contributed by atoms with Crippen LogP contribution in [0.25, 0.3) is 22.3 Å². The molecule has 0 spiro atoms. The molecular weight excluding hydrogens is 428 g/mol. The molecule has 0 saturated heterocycles. The maximum atomic E-state index is 11.9. The van der Waals surface area contributed by atoms with Crippen molar-refractivity contribution in [1.82, 2.24) is 24.3 Å². The second-order valence-electron chi connectivity index (χ2n) is 6.98. The monoisotopic (exact) mass is 446 g/mol. The summed E-state index contributed by atoms with van der Waals surface area (Å²) in [6.07, 6.45) is 1.38. The molecule has 10 heteroatoms. The molecule has 3 N–H and O–H groups in total. The summed E-state index contributed by atoms with van der Waals surface area (Å²) < 4.78 is 8.81. The first-order valence-electron chi connectivity index (χ1n) is 9.78. The van der Waals surface area contributed by atoms with Gasteiger partial charge in [-0.25, -0.2) is 14.6 Å². The van der Waals surface area contributed by atoms with E-state index in [1.165, 1.54) is 16.3 Å². The minimum Gasteiger partial charge on any atom is -0.494 e. The van der Waals surface area contributed by atoms with Crippen LogP contribution < -0.4 is 15.3 Å². The number of hydrogen-bond donors (Lipinski definition) is 2. The average Bonchev–Trinajstić information content (AvgIpc) is 3.34. The molecule has 0 bridgehead atoms. The highest BCUT2D eigenvalue weighted by molar-refractivity contribution is 7.07. The van der Waals surface area contributed by atoms with Crippen LogP contribution in [0.5, 0.6) is 17.4 Å². The number of nitrogen functional groups attached to an aromatic ring is 1. The van der Waals surface area contributed by atoms with Gasteiger partial charge in [-0.1, -0.05) is 29.5 Å². The summed E-state index contributed by atoms with van der Waals surface area (Å²) >= 11 is 0.946. The van der Waals surface area contributed by atoms with Gasteiger partial charge in [0.25, 0.3) is 0 Å². The van der Waals surface area contributed by atoms with E-state index in [9.17, 15) is 9.90 Å². The Bertz CT molecular complexity index is 1440. The van der Waals surface area contributed by atoms with E-state index in [1.807, 2.05) is 54.6 Å². The Hall–Kier alpha value is -4.18. The minimum atomic E-state index is -0.234. The fraction of sp³-hybridized carbons (Fsp3) is 0.0909. The molecule has 0 aliphatic carbocycles. The summed E-state index contributed by atoms with van der Waals surface area (Å²) in [6.45, 7) is 0.574. The molecular formula is C22H18N6O3S. The Morgan fingerprint density at radius 2 is 1.75 bits per heavy atom. The number of hydrogen-bond acceptors (Lipinski definition) is 8. The lowest BCUT2D eigenvalue weighted by atomic mass is 10.1. The van der Waals surface area contributed by atoms with Gasteiger partial charge in [0.05, 0.1) is 17.3 Å². The number of nitrogens with zero attached hydrogens (tertiary/aromatic N) is 5. The number of thiazole rings is 1. The molecule has 3 aromatic heterocycles. The van der Waals surface area contributed by atoms with Crippen molar-refractivity contribution >= 4 is 28.2 Å². The van der Waals surface area contributed by atoms with Crippen LogP contribution >= 0.6 is 11.3 Å². The number of aromatic nitrogens is 5. The number of nitrogens with two attached hydrogens (primary N) is 1. The standard InChI is InChI=1S/C22H18N6O3S/c23-20-18-19(14-6-8-16(9-7-14)31-15-4-2-1-3-5-15)26-28(21(18)25-13-24-20)11-10-27-17(29)12-32-22(27)30/h1-9,12-13,29H,10-11H2,(H2,23,24,25). The van der Waals surface area contributed by atoms with Crippen molar-refractivity contribution in [1.29, 1.82) is 0 Å². The van der Waals surface area contributed by atoms with Crippen LogP contribution in [0.3, 0.4) is 0 Å². The zero-order chi connectivity index (χ0) is 22.1. The smallest absolute Gasteiger partial charge is 0.310 e. The molecule has 5 aromatic rings. The topological polar surface area (TPSA) is 121 Å². The van der Waals surface area contributed by atoms with Gasteiger partial charge in [0.2, 0.25) is 5.88 Å². The molecule has 160 valence electrons. The van der Waals surface area contributed by atoms with Gasteiger partial charge in [-0.05, 0) is 36.4 Å². The molecule has 0 fully saturated rings. The number of ether oxygens (including phenoxy) is 1. The highest BCUT2D eigenvalue weighted by Gasteiger charge is 2.17. The second kappa shape index (κ2) is 8.16. The third-order valence-corrected chi connectivity index (χ3v) is 5.71. The van der Waals surface area contributed by atoms with E-state index < -0.39 is 0 Å². The molecule has 0 atom stereocenters. The quantitative estimate of drug-likeness (QED) is 0.409. The molecule has 9 nitrogen and oxygen atoms in total. The van der Waals surface area contributed by atoms with E-state index in [-0.39, 0.29) is 17.3 Å². The molecule has 0 saturated carbocycles. The third-order valence-electron chi connectivity index (χ3n) is 4.96. The normalized spacial score (nSPS) is 11.1. The highest BCUT2D eigenvalue weighted by atomic mass is 32.1. The Balaban J connectivity index is 1.48. The largest absolute Gasteiger partial charge is 0.494 e. The maximum absolute atomic E-state index is 11.9. The van der Waals surface area contributed by atoms with E-state index in [0.717, 1.165) is 22.6 Å². The SMILES string of the molecule is Nc1ncnc2c1c(-c1ccc(Oc3ccccc3)cc1)nn2CCn1c(O)csc1=O. The van der Waals surface area contributed by atoms with Crippen molar-refractivity contribution in [2.75, 3.05) is 5.73 Å². The van der Waals surface area contributed by atoms with Crippen molar-refractivity contribution in [2.24, 2.45) is 0 Å². The van der Waals surface area contributed by atoms with Crippen LogP contribution in [-0.2, 0) is 13.1 Å². The van der Waals surface area contributed by atoms with Crippen LogP contribution in [0.15, 0.2) is 71.1 Å². The van der Waals surface area contributed by atoms with Crippen molar-refractivity contribution < 1.29 is 9.84 Å². The molecule has 2 aromatic carbocycles. The predicted molar refractivity (Wildman–Crippen MR) is 122 cm³/mol. The number of benzene rings is 2.